The second-order valence-electron chi connectivity index (χ2n) is 17.6. The lowest BCUT2D eigenvalue weighted by Gasteiger charge is -2.51. The van der Waals surface area contributed by atoms with Crippen molar-refractivity contribution in [3.8, 4) is 0 Å². The summed E-state index contributed by atoms with van der Waals surface area (Å²) in [6, 6.07) is -0.846. The van der Waals surface area contributed by atoms with Crippen LogP contribution in [0.4, 0.5) is 0 Å². The molecule has 0 amide bonds. The number of nitrogens with two attached hydrogens (primary N) is 1. The fraction of sp³-hybridized carbons (Fsp3) is 0.974. The fourth-order valence-corrected chi connectivity index (χ4v) is 9.58. The largest absolute Gasteiger partial charge is 0.459 e. The van der Waals surface area contributed by atoms with Gasteiger partial charge in [-0.05, 0) is 86.7 Å². The van der Waals surface area contributed by atoms with Crippen LogP contribution in [-0.2, 0) is 28.5 Å². The summed E-state index contributed by atoms with van der Waals surface area (Å²) in [6.45, 7) is 19.4. The van der Waals surface area contributed by atoms with Gasteiger partial charge in [-0.3, -0.25) is 9.69 Å². The van der Waals surface area contributed by atoms with Crippen LogP contribution in [0.3, 0.4) is 0 Å². The molecule has 0 spiro atoms. The molecule has 0 aromatic rings. The predicted octanol–water partition coefficient (Wildman–Crippen LogP) is 1.50. The Bertz CT molecular complexity index is 1160. The molecule has 3 heterocycles. The van der Waals surface area contributed by atoms with Crippen LogP contribution in [0, 0.1) is 23.7 Å². The molecule has 0 saturated carbocycles. The molecule has 14 heteroatoms. The molecule has 7 N–H and O–H groups in total. The summed E-state index contributed by atoms with van der Waals surface area (Å²) in [7, 11) is 5.29. The van der Waals surface area contributed by atoms with Crippen LogP contribution < -0.4 is 5.73 Å². The number of carbonyl (C=O) groups is 1. The maximum absolute atomic E-state index is 14.4. The zero-order valence-electron chi connectivity index (χ0n) is 34.8. The molecule has 3 saturated heterocycles. The fourth-order valence-electron chi connectivity index (χ4n) is 9.58. The van der Waals surface area contributed by atoms with E-state index >= 15 is 0 Å². The molecule has 1 unspecified atom stereocenters. The third-order valence-corrected chi connectivity index (χ3v) is 12.9. The number of aliphatic hydroxyl groups excluding tert-OH is 3. The van der Waals surface area contributed by atoms with Gasteiger partial charge in [-0.15, -0.1) is 0 Å². The van der Waals surface area contributed by atoms with Crippen molar-refractivity contribution in [3.63, 3.8) is 0 Å². The van der Waals surface area contributed by atoms with Crippen molar-refractivity contribution in [2.75, 3.05) is 40.8 Å². The Morgan fingerprint density at radius 2 is 1.62 bits per heavy atom. The number of ether oxygens (including phenoxy) is 5. The zero-order chi connectivity index (χ0) is 40.4. The number of hydrogen-bond donors (Lipinski definition) is 6. The first kappa shape index (κ1) is 46.4. The number of likely N-dealkylation sites (N-methyl/N-ethyl adjacent to an activating group) is 2. The number of aliphatic hydroxyl groups is 5. The van der Waals surface area contributed by atoms with Gasteiger partial charge in [0.15, 0.2) is 6.29 Å². The van der Waals surface area contributed by atoms with E-state index in [0.29, 0.717) is 26.1 Å². The summed E-state index contributed by atoms with van der Waals surface area (Å²) < 4.78 is 31.6. The van der Waals surface area contributed by atoms with Gasteiger partial charge in [-0.1, -0.05) is 27.7 Å². The van der Waals surface area contributed by atoms with Gasteiger partial charge in [0.2, 0.25) is 0 Å². The van der Waals surface area contributed by atoms with Crippen molar-refractivity contribution in [3.05, 3.63) is 0 Å². The number of carbonyl (C=O) groups excluding carboxylic acids is 1. The lowest BCUT2D eigenvalue weighted by Crippen LogP contribution is -2.62. The Labute approximate surface area is 318 Å². The van der Waals surface area contributed by atoms with Gasteiger partial charge in [0.1, 0.15) is 30.0 Å². The van der Waals surface area contributed by atoms with Crippen molar-refractivity contribution in [1.82, 2.24) is 9.80 Å². The minimum Gasteiger partial charge on any atom is -0.459 e. The van der Waals surface area contributed by atoms with Crippen LogP contribution in [0.1, 0.15) is 94.9 Å². The average molecular weight is 762 g/mol. The number of methoxy groups -OCH3 is 1. The van der Waals surface area contributed by atoms with Gasteiger partial charge in [-0.25, -0.2) is 0 Å². The van der Waals surface area contributed by atoms with Gasteiger partial charge in [-0.2, -0.15) is 0 Å². The molecule has 0 radical (unpaired) electrons. The van der Waals surface area contributed by atoms with Crippen LogP contribution in [-0.4, -0.2) is 166 Å². The number of hydrogen-bond acceptors (Lipinski definition) is 14. The van der Waals surface area contributed by atoms with Crippen molar-refractivity contribution < 1.29 is 54.0 Å². The molecule has 0 aliphatic carbocycles. The number of esters is 1. The van der Waals surface area contributed by atoms with Gasteiger partial charge in [0, 0.05) is 51.2 Å². The summed E-state index contributed by atoms with van der Waals surface area (Å²) in [5.41, 5.74) is 1.54. The van der Waals surface area contributed by atoms with E-state index in [1.54, 1.807) is 27.7 Å². The van der Waals surface area contributed by atoms with E-state index in [1.165, 1.54) is 14.0 Å². The van der Waals surface area contributed by atoms with Gasteiger partial charge in [0.05, 0.1) is 41.5 Å². The Balaban J connectivity index is 2.22. The second kappa shape index (κ2) is 18.5. The van der Waals surface area contributed by atoms with E-state index < -0.39 is 95.6 Å². The summed E-state index contributed by atoms with van der Waals surface area (Å²) in [6.07, 6.45) is -6.78. The summed E-state index contributed by atoms with van der Waals surface area (Å²) in [5.74, 6) is -2.95. The molecule has 3 rings (SSSR count). The molecule has 3 fully saturated rings. The quantitative estimate of drug-likeness (QED) is 0.195. The van der Waals surface area contributed by atoms with Crippen LogP contribution in [0.5, 0.6) is 0 Å². The molecule has 0 aromatic carbocycles. The molecule has 0 aromatic heterocycles. The molecule has 53 heavy (non-hydrogen) atoms. The van der Waals surface area contributed by atoms with E-state index in [1.807, 2.05) is 58.5 Å². The Morgan fingerprint density at radius 1 is 1.00 bits per heavy atom. The van der Waals surface area contributed by atoms with E-state index in [2.05, 4.69) is 0 Å². The molecule has 14 nitrogen and oxygen atoms in total. The lowest BCUT2D eigenvalue weighted by atomic mass is 9.68. The molecule has 3 aliphatic rings. The standard InChI is InChI=1S/C39H75N3O11/c1-14-29-39(10,48)32(44)25(6)42(12)20-21(2)18-37(8,47)34(53-36-31(43)27(17-22(3)50-36)41(11)16-15-40)23(4)30(24(5)35(46)52-29)28-19-38(9,49-13)33(45)26(7)51-28/h21-34,36,43-45,47-48H,14-20,40H2,1-13H3/t21-,22-,23+,24-,25-,26+,27+,28?,29-,30+,31-,32-,33+,34-,36+,37-,38-,39-/m1/s1. The predicted molar refractivity (Wildman–Crippen MR) is 201 cm³/mol. The second-order valence-corrected chi connectivity index (χ2v) is 17.6. The van der Waals surface area contributed by atoms with E-state index in [0.717, 1.165) is 0 Å². The Kier molecular flexibility index (Phi) is 16.2. The number of rotatable bonds is 8. The summed E-state index contributed by atoms with van der Waals surface area (Å²) in [5, 5.41) is 58.8. The van der Waals surface area contributed by atoms with Gasteiger partial charge in [0.25, 0.3) is 0 Å². The van der Waals surface area contributed by atoms with Crippen LogP contribution in [0.15, 0.2) is 0 Å². The molecule has 18 atom stereocenters. The number of nitrogens with zero attached hydrogens (tertiary/aromatic N) is 2. The van der Waals surface area contributed by atoms with Crippen molar-refractivity contribution in [1.29, 1.82) is 0 Å². The Morgan fingerprint density at radius 3 is 2.19 bits per heavy atom. The normalized spacial score (nSPS) is 48.9. The zero-order valence-corrected chi connectivity index (χ0v) is 34.8. The highest BCUT2D eigenvalue weighted by atomic mass is 16.7. The van der Waals surface area contributed by atoms with Crippen LogP contribution >= 0.6 is 0 Å². The lowest BCUT2D eigenvalue weighted by molar-refractivity contribution is -0.302. The third-order valence-electron chi connectivity index (χ3n) is 12.9. The van der Waals surface area contributed by atoms with E-state index in [4.69, 9.17) is 29.4 Å². The van der Waals surface area contributed by atoms with Gasteiger partial charge < -0.3 is 59.9 Å². The van der Waals surface area contributed by atoms with E-state index in [-0.39, 0.29) is 37.3 Å². The topological polar surface area (TPSA) is 197 Å². The molecule has 0 bridgehead atoms. The number of cyclic esters (lactones) is 1. The molecule has 312 valence electrons. The third kappa shape index (κ3) is 10.3. The Hall–Kier alpha value is -1.01. The minimum atomic E-state index is -1.78. The van der Waals surface area contributed by atoms with Crippen LogP contribution in [0.25, 0.3) is 0 Å². The SMILES string of the molecule is CC[C@H]1OC(=O)[C@H](C)[C@@H](C2C[C@@](C)(OC)[C@@H](O)[C@H](C)O2)[C@H](C)[C@@H](O[C@@H]2O[C@H](C)C[C@H](N(C)CCN)[C@H]2O)[C@](C)(O)C[C@@H](C)CN(C)[C@H](C)[C@@H](O)[C@]1(C)O. The highest BCUT2D eigenvalue weighted by Crippen LogP contribution is 2.45. The minimum absolute atomic E-state index is 0.133. The first-order valence-corrected chi connectivity index (χ1v) is 19.8. The van der Waals surface area contributed by atoms with Crippen molar-refractivity contribution in [2.45, 2.75) is 179 Å². The summed E-state index contributed by atoms with van der Waals surface area (Å²) in [4.78, 5) is 18.3. The molecule has 3 aliphatic heterocycles. The summed E-state index contributed by atoms with van der Waals surface area (Å²) >= 11 is 0. The molecular formula is C39H75N3O11. The highest BCUT2D eigenvalue weighted by molar-refractivity contribution is 5.73. The van der Waals surface area contributed by atoms with Crippen molar-refractivity contribution >= 4 is 5.97 Å². The highest BCUT2D eigenvalue weighted by Gasteiger charge is 2.55. The molecular weight excluding hydrogens is 686 g/mol. The van der Waals surface area contributed by atoms with Gasteiger partial charge >= 0.3 is 5.97 Å². The smallest absolute Gasteiger partial charge is 0.309 e. The van der Waals surface area contributed by atoms with Crippen LogP contribution in [0.2, 0.25) is 0 Å². The van der Waals surface area contributed by atoms with Crippen molar-refractivity contribution in [2.24, 2.45) is 29.4 Å². The maximum atomic E-state index is 14.4. The maximum Gasteiger partial charge on any atom is 0.309 e. The monoisotopic (exact) mass is 762 g/mol. The first-order chi connectivity index (χ1) is 24.5. The average Bonchev–Trinajstić information content (AvgIpc) is 3.07. The van der Waals surface area contributed by atoms with E-state index in [9.17, 15) is 30.3 Å². The first-order valence-electron chi connectivity index (χ1n) is 19.8.